The first kappa shape index (κ1) is 12.8. The summed E-state index contributed by atoms with van der Waals surface area (Å²) in [5, 5.41) is 14.2. The van der Waals surface area contributed by atoms with E-state index < -0.39 is 10.3 Å². The minimum atomic E-state index is -0.545. The van der Waals surface area contributed by atoms with E-state index in [1.54, 1.807) is 6.92 Å². The molecule has 18 heavy (non-hydrogen) atoms. The van der Waals surface area contributed by atoms with Gasteiger partial charge in [0.15, 0.2) is 5.82 Å². The minimum Gasteiger partial charge on any atom is -0.334 e. The summed E-state index contributed by atoms with van der Waals surface area (Å²) in [6.07, 6.45) is 0. The Hall–Kier alpha value is -1.66. The number of alkyl halides is 1. The van der Waals surface area contributed by atoms with Gasteiger partial charge in [-0.1, -0.05) is 16.8 Å². The van der Waals surface area contributed by atoms with E-state index in [0.29, 0.717) is 11.4 Å². The first-order valence-corrected chi connectivity index (χ1v) is 5.72. The van der Waals surface area contributed by atoms with E-state index in [9.17, 15) is 10.1 Å². The molecule has 2 rings (SSSR count). The highest BCUT2D eigenvalue weighted by atomic mass is 35.5. The molecule has 94 valence electrons. The maximum Gasteiger partial charge on any atom is 0.271 e. The van der Waals surface area contributed by atoms with Crippen LogP contribution in [0.1, 0.15) is 18.1 Å². The predicted octanol–water partition coefficient (Wildman–Crippen LogP) is 3.60. The summed E-state index contributed by atoms with van der Waals surface area (Å²) in [5.74, 6) is 0.456. The van der Waals surface area contributed by atoms with Gasteiger partial charge in [-0.25, -0.2) is 0 Å². The molecule has 0 bridgehead atoms. The molecular weight excluding hydrogens is 281 g/mol. The lowest BCUT2D eigenvalue weighted by molar-refractivity contribution is -0.384. The molecule has 1 unspecified atom stereocenters. The third-order valence-corrected chi connectivity index (χ3v) is 2.55. The molecule has 2 aromatic rings. The molecule has 1 heterocycles. The molecule has 0 N–H and O–H groups in total. The number of nitrogens with zero attached hydrogens (tertiary/aromatic N) is 3. The fourth-order valence-electron chi connectivity index (χ4n) is 1.32. The van der Waals surface area contributed by atoms with Crippen LogP contribution in [0.25, 0.3) is 11.5 Å². The standard InChI is InChI=1S/C10H7Cl2N3O3/c1-5(11)9-13-10(18-14-9)6-2-7(12)4-8(3-6)15(16)17/h2-5H,1H3. The summed E-state index contributed by atoms with van der Waals surface area (Å²) in [6, 6.07) is 4.05. The molecular formula is C10H7Cl2N3O3. The highest BCUT2D eigenvalue weighted by Crippen LogP contribution is 2.28. The molecule has 0 aliphatic heterocycles. The Morgan fingerprint density at radius 2 is 2.17 bits per heavy atom. The molecule has 1 aromatic carbocycles. The molecule has 0 aliphatic rings. The first-order chi connectivity index (χ1) is 8.47. The number of hydrogen-bond donors (Lipinski definition) is 0. The van der Waals surface area contributed by atoms with Crippen molar-refractivity contribution in [2.45, 2.75) is 12.3 Å². The van der Waals surface area contributed by atoms with Crippen LogP contribution in [-0.4, -0.2) is 15.1 Å². The predicted molar refractivity (Wildman–Crippen MR) is 65.7 cm³/mol. The fraction of sp³-hybridized carbons (Fsp3) is 0.200. The van der Waals surface area contributed by atoms with E-state index in [4.69, 9.17) is 27.7 Å². The van der Waals surface area contributed by atoms with Crippen molar-refractivity contribution in [1.29, 1.82) is 0 Å². The SMILES string of the molecule is CC(Cl)c1noc(-c2cc(Cl)cc([N+](=O)[O-])c2)n1. The quantitative estimate of drug-likeness (QED) is 0.489. The van der Waals surface area contributed by atoms with Crippen LogP contribution in [0.2, 0.25) is 5.02 Å². The smallest absolute Gasteiger partial charge is 0.271 e. The Morgan fingerprint density at radius 3 is 2.72 bits per heavy atom. The van der Waals surface area contributed by atoms with E-state index >= 15 is 0 Å². The van der Waals surface area contributed by atoms with Crippen molar-refractivity contribution in [3.05, 3.63) is 39.2 Å². The Labute approximate surface area is 112 Å². The second-order valence-corrected chi connectivity index (χ2v) is 4.62. The number of nitro benzene ring substituents is 1. The van der Waals surface area contributed by atoms with Crippen molar-refractivity contribution in [2.24, 2.45) is 0 Å². The number of halogens is 2. The van der Waals surface area contributed by atoms with E-state index in [0.717, 1.165) is 0 Å². The number of benzene rings is 1. The van der Waals surface area contributed by atoms with Gasteiger partial charge in [0, 0.05) is 22.7 Å². The molecule has 0 aliphatic carbocycles. The Kier molecular flexibility index (Phi) is 3.49. The monoisotopic (exact) mass is 287 g/mol. The normalized spacial score (nSPS) is 12.4. The number of nitro groups is 1. The van der Waals surface area contributed by atoms with Crippen LogP contribution in [0, 0.1) is 10.1 Å². The van der Waals surface area contributed by atoms with Gasteiger partial charge < -0.3 is 4.52 Å². The summed E-state index contributed by atoms with van der Waals surface area (Å²) >= 11 is 11.6. The molecule has 8 heteroatoms. The Morgan fingerprint density at radius 1 is 1.44 bits per heavy atom. The number of non-ortho nitro benzene ring substituents is 1. The van der Waals surface area contributed by atoms with Gasteiger partial charge in [-0.15, -0.1) is 11.6 Å². The number of aromatic nitrogens is 2. The lowest BCUT2D eigenvalue weighted by Gasteiger charge is -1.97. The van der Waals surface area contributed by atoms with E-state index in [1.807, 2.05) is 0 Å². The van der Waals surface area contributed by atoms with Crippen LogP contribution in [0.5, 0.6) is 0 Å². The van der Waals surface area contributed by atoms with Crippen LogP contribution < -0.4 is 0 Å². The van der Waals surface area contributed by atoms with E-state index in [-0.39, 0.29) is 16.6 Å². The van der Waals surface area contributed by atoms with Crippen molar-refractivity contribution in [1.82, 2.24) is 10.1 Å². The van der Waals surface area contributed by atoms with Gasteiger partial charge in [0.1, 0.15) is 0 Å². The average molecular weight is 288 g/mol. The van der Waals surface area contributed by atoms with Gasteiger partial charge in [0.05, 0.1) is 10.3 Å². The zero-order chi connectivity index (χ0) is 13.3. The number of rotatable bonds is 3. The molecule has 0 saturated heterocycles. The zero-order valence-corrected chi connectivity index (χ0v) is 10.6. The minimum absolute atomic E-state index is 0.142. The van der Waals surface area contributed by atoms with E-state index in [2.05, 4.69) is 10.1 Å². The summed E-state index contributed by atoms with van der Waals surface area (Å²) in [4.78, 5) is 14.2. The molecule has 1 aromatic heterocycles. The third-order valence-electron chi connectivity index (χ3n) is 2.14. The number of hydrogen-bond acceptors (Lipinski definition) is 5. The van der Waals surface area contributed by atoms with Gasteiger partial charge in [-0.2, -0.15) is 4.98 Å². The summed E-state index contributed by atoms with van der Waals surface area (Å²) in [7, 11) is 0. The third kappa shape index (κ3) is 2.60. The van der Waals surface area contributed by atoms with Gasteiger partial charge in [0.2, 0.25) is 0 Å². The largest absolute Gasteiger partial charge is 0.334 e. The van der Waals surface area contributed by atoms with Crippen molar-refractivity contribution in [3.63, 3.8) is 0 Å². The van der Waals surface area contributed by atoms with Gasteiger partial charge in [0.25, 0.3) is 11.6 Å². The molecule has 1 atom stereocenters. The van der Waals surface area contributed by atoms with Crippen LogP contribution in [0.3, 0.4) is 0 Å². The van der Waals surface area contributed by atoms with Crippen molar-refractivity contribution >= 4 is 28.9 Å². The van der Waals surface area contributed by atoms with Crippen molar-refractivity contribution in [2.75, 3.05) is 0 Å². The highest BCUT2D eigenvalue weighted by molar-refractivity contribution is 6.31. The molecule has 0 radical (unpaired) electrons. The van der Waals surface area contributed by atoms with Crippen LogP contribution >= 0.6 is 23.2 Å². The fourth-order valence-corrected chi connectivity index (χ4v) is 1.63. The molecule has 0 saturated carbocycles. The zero-order valence-electron chi connectivity index (χ0n) is 9.13. The lowest BCUT2D eigenvalue weighted by Crippen LogP contribution is -1.90. The maximum atomic E-state index is 10.7. The summed E-state index contributed by atoms with van der Waals surface area (Å²) in [5.41, 5.74) is 0.237. The van der Waals surface area contributed by atoms with Gasteiger partial charge in [-0.05, 0) is 13.0 Å². The van der Waals surface area contributed by atoms with Crippen molar-refractivity contribution < 1.29 is 9.45 Å². The second kappa shape index (κ2) is 4.91. The molecule has 6 nitrogen and oxygen atoms in total. The first-order valence-electron chi connectivity index (χ1n) is 4.90. The summed E-state index contributed by atoms with van der Waals surface area (Å²) < 4.78 is 4.97. The van der Waals surface area contributed by atoms with Crippen LogP contribution in [-0.2, 0) is 0 Å². The maximum absolute atomic E-state index is 10.7. The van der Waals surface area contributed by atoms with Gasteiger partial charge in [-0.3, -0.25) is 10.1 Å². The Bertz CT molecular complexity index is 598. The molecule has 0 fully saturated rings. The molecule has 0 amide bonds. The lowest BCUT2D eigenvalue weighted by atomic mass is 10.2. The van der Waals surface area contributed by atoms with Crippen LogP contribution in [0.4, 0.5) is 5.69 Å². The van der Waals surface area contributed by atoms with Gasteiger partial charge >= 0.3 is 0 Å². The van der Waals surface area contributed by atoms with E-state index in [1.165, 1.54) is 18.2 Å². The topological polar surface area (TPSA) is 82.1 Å². The Balaban J connectivity index is 2.46. The van der Waals surface area contributed by atoms with Crippen LogP contribution in [0.15, 0.2) is 22.7 Å². The second-order valence-electron chi connectivity index (χ2n) is 3.53. The van der Waals surface area contributed by atoms with Crippen molar-refractivity contribution in [3.8, 4) is 11.5 Å². The highest BCUT2D eigenvalue weighted by Gasteiger charge is 2.16. The average Bonchev–Trinajstić information content (AvgIpc) is 2.77. The summed E-state index contributed by atoms with van der Waals surface area (Å²) in [6.45, 7) is 1.69. The molecule has 0 spiro atoms.